The molecule has 0 saturated heterocycles. The molecule has 11 aromatic rings. The fraction of sp³-hybridized carbons (Fsp3) is 0.0725. The molecule has 1 nitrogen and oxygen atoms in total. The summed E-state index contributed by atoms with van der Waals surface area (Å²) in [5.41, 5.74) is 24.8. The van der Waals surface area contributed by atoms with Gasteiger partial charge in [0, 0.05) is 27.9 Å². The molecule has 0 saturated carbocycles. The van der Waals surface area contributed by atoms with Crippen molar-refractivity contribution in [1.82, 2.24) is 0 Å². The van der Waals surface area contributed by atoms with Gasteiger partial charge in [0.2, 0.25) is 0 Å². The molecule has 1 unspecified atom stereocenters. The van der Waals surface area contributed by atoms with Gasteiger partial charge < -0.3 is 4.90 Å². The Morgan fingerprint density at radius 3 is 1.37 bits per heavy atom. The first kappa shape index (κ1) is 41.7. The highest BCUT2D eigenvalue weighted by Crippen LogP contribution is 2.55. The first-order valence-electron chi connectivity index (χ1n) is 24.6. The van der Waals surface area contributed by atoms with E-state index in [4.69, 9.17) is 0 Å². The van der Waals surface area contributed by atoms with E-state index in [2.05, 4.69) is 280 Å². The maximum absolute atomic E-state index is 2.43. The van der Waals surface area contributed by atoms with Crippen molar-refractivity contribution in [2.24, 2.45) is 0 Å². The van der Waals surface area contributed by atoms with Crippen molar-refractivity contribution in [1.29, 1.82) is 0 Å². The van der Waals surface area contributed by atoms with Crippen molar-refractivity contribution in [2.45, 2.75) is 31.6 Å². The van der Waals surface area contributed by atoms with Gasteiger partial charge in [-0.1, -0.05) is 220 Å². The predicted octanol–water partition coefficient (Wildman–Crippen LogP) is 18.6. The lowest BCUT2D eigenvalue weighted by atomic mass is 9.74. The molecule has 0 spiro atoms. The molecule has 0 aromatic heterocycles. The fourth-order valence-electron chi connectivity index (χ4n) is 12.0. The summed E-state index contributed by atoms with van der Waals surface area (Å²) in [7, 11) is 0. The number of anilines is 3. The molecule has 0 heterocycles. The largest absolute Gasteiger partial charge is 0.311 e. The first-order chi connectivity index (χ1) is 34.3. The predicted molar refractivity (Wildman–Crippen MR) is 295 cm³/mol. The van der Waals surface area contributed by atoms with E-state index in [0.29, 0.717) is 0 Å². The van der Waals surface area contributed by atoms with E-state index < -0.39 is 0 Å². The molecule has 0 radical (unpaired) electrons. The molecule has 70 heavy (non-hydrogen) atoms. The van der Waals surface area contributed by atoms with Crippen LogP contribution >= 0.6 is 0 Å². The van der Waals surface area contributed by atoms with E-state index >= 15 is 0 Å². The van der Waals surface area contributed by atoms with Crippen LogP contribution < -0.4 is 4.90 Å². The zero-order valence-corrected chi connectivity index (χ0v) is 39.7. The molecule has 0 bridgehead atoms. The van der Waals surface area contributed by atoms with E-state index in [-0.39, 0.29) is 10.8 Å². The van der Waals surface area contributed by atoms with Crippen LogP contribution in [0.25, 0.3) is 77.5 Å². The molecule has 11 aromatic carbocycles. The third kappa shape index (κ3) is 6.61. The van der Waals surface area contributed by atoms with Crippen molar-refractivity contribution < 1.29 is 0 Å². The van der Waals surface area contributed by atoms with Gasteiger partial charge >= 0.3 is 0 Å². The molecule has 2 aliphatic rings. The zero-order chi connectivity index (χ0) is 47.0. The molecule has 0 fully saturated rings. The number of fused-ring (bicyclic) bond motifs is 7. The molecule has 0 aliphatic heterocycles. The van der Waals surface area contributed by atoms with Crippen molar-refractivity contribution in [3.63, 3.8) is 0 Å². The lowest BCUT2D eigenvalue weighted by Crippen LogP contribution is -2.22. The third-order valence-corrected chi connectivity index (χ3v) is 15.6. The van der Waals surface area contributed by atoms with Gasteiger partial charge in [-0.3, -0.25) is 0 Å². The summed E-state index contributed by atoms with van der Waals surface area (Å²) in [5.74, 6) is 0. The number of hydrogen-bond donors (Lipinski definition) is 0. The lowest BCUT2D eigenvalue weighted by Gasteiger charge is -2.28. The van der Waals surface area contributed by atoms with Crippen molar-refractivity contribution in [3.05, 3.63) is 283 Å². The SMILES string of the molecule is CC1(C)c2ccccc2-c2cccc(-c3ccccc3-c3ccc(N(c4ccc(-c5ccc6c(c5)C(C)(c5ccccc5)c5ccccc5-6)cc4)c4ccc(-c5ccc6ccccc6c5)cc4)cc3)c21. The smallest absolute Gasteiger partial charge is 0.0462 e. The fourth-order valence-corrected chi connectivity index (χ4v) is 12.0. The Morgan fingerprint density at radius 1 is 0.271 bits per heavy atom. The van der Waals surface area contributed by atoms with Crippen molar-refractivity contribution in [3.8, 4) is 66.8 Å². The van der Waals surface area contributed by atoms with Gasteiger partial charge in [0.15, 0.2) is 0 Å². The number of benzene rings is 11. The number of nitrogens with zero attached hydrogens (tertiary/aromatic N) is 1. The molecule has 0 amide bonds. The Balaban J connectivity index is 0.883. The third-order valence-electron chi connectivity index (χ3n) is 15.6. The van der Waals surface area contributed by atoms with Crippen molar-refractivity contribution in [2.75, 3.05) is 4.90 Å². The Labute approximate surface area is 411 Å². The van der Waals surface area contributed by atoms with Crippen molar-refractivity contribution >= 4 is 27.8 Å². The standard InChI is InChI=1S/C69H51N/c1-68(2)64-26-13-11-23-60(64)63-25-15-24-62(67(63)68)58-21-10-9-20-57(58)49-34-41-56(42-35-49)70(54-37-30-47(31-38-54)51-29-28-46-16-7-8-17-50(46)44-51)55-39-32-48(33-40-55)52-36-43-61-59-22-12-14-27-65(59)69(3,66(61)45-52)53-18-5-4-6-19-53/h4-45H,1-3H3. The molecule has 2 aliphatic carbocycles. The van der Waals surface area contributed by atoms with Gasteiger partial charge in [-0.15, -0.1) is 0 Å². The Hall–Kier alpha value is -8.52. The minimum absolute atomic E-state index is 0.117. The molecule has 13 rings (SSSR count). The average Bonchev–Trinajstić information content (AvgIpc) is 3.83. The van der Waals surface area contributed by atoms with Crippen LogP contribution in [0.15, 0.2) is 255 Å². The summed E-state index contributed by atoms with van der Waals surface area (Å²) in [6, 6.07) is 94.3. The van der Waals surface area contributed by atoms with Gasteiger partial charge in [-0.2, -0.15) is 0 Å². The van der Waals surface area contributed by atoms with Crippen LogP contribution in [0.5, 0.6) is 0 Å². The summed E-state index contributed by atoms with van der Waals surface area (Å²) in [4.78, 5) is 2.39. The highest BCUT2D eigenvalue weighted by molar-refractivity contribution is 5.94. The summed E-state index contributed by atoms with van der Waals surface area (Å²) < 4.78 is 0. The second-order valence-electron chi connectivity index (χ2n) is 19.8. The number of rotatable bonds is 8. The quantitative estimate of drug-likeness (QED) is 0.147. The maximum Gasteiger partial charge on any atom is 0.0462 e. The van der Waals surface area contributed by atoms with E-state index in [0.717, 1.165) is 17.1 Å². The first-order valence-corrected chi connectivity index (χ1v) is 24.6. The van der Waals surface area contributed by atoms with Crippen LogP contribution in [0.2, 0.25) is 0 Å². The highest BCUT2D eigenvalue weighted by atomic mass is 15.1. The normalized spacial score (nSPS) is 15.0. The summed E-state index contributed by atoms with van der Waals surface area (Å²) in [6.07, 6.45) is 0. The van der Waals surface area contributed by atoms with Crippen LogP contribution in [-0.2, 0) is 10.8 Å². The van der Waals surface area contributed by atoms with E-state index in [1.165, 1.54) is 105 Å². The average molecular weight is 894 g/mol. The van der Waals surface area contributed by atoms with Crippen LogP contribution in [-0.4, -0.2) is 0 Å². The van der Waals surface area contributed by atoms with Crippen LogP contribution in [0.4, 0.5) is 17.1 Å². The molecule has 1 atom stereocenters. The second-order valence-corrected chi connectivity index (χ2v) is 19.8. The number of hydrogen-bond acceptors (Lipinski definition) is 1. The molecule has 0 N–H and O–H groups in total. The topological polar surface area (TPSA) is 3.24 Å². The second kappa shape index (κ2) is 16.3. The highest BCUT2D eigenvalue weighted by Gasteiger charge is 2.41. The van der Waals surface area contributed by atoms with Crippen LogP contribution in [0, 0.1) is 0 Å². The molecular formula is C69H51N. The van der Waals surface area contributed by atoms with Gasteiger partial charge in [-0.05, 0) is 161 Å². The molecular weight excluding hydrogens is 843 g/mol. The maximum atomic E-state index is 2.43. The molecule has 332 valence electrons. The van der Waals surface area contributed by atoms with E-state index in [9.17, 15) is 0 Å². The van der Waals surface area contributed by atoms with E-state index in [1.54, 1.807) is 0 Å². The summed E-state index contributed by atoms with van der Waals surface area (Å²) in [5, 5.41) is 2.50. The summed E-state index contributed by atoms with van der Waals surface area (Å²) in [6.45, 7) is 7.14. The summed E-state index contributed by atoms with van der Waals surface area (Å²) >= 11 is 0. The Morgan fingerprint density at radius 2 is 0.714 bits per heavy atom. The molecule has 1 heteroatoms. The monoisotopic (exact) mass is 893 g/mol. The zero-order valence-electron chi connectivity index (χ0n) is 39.7. The minimum atomic E-state index is -0.255. The van der Waals surface area contributed by atoms with Gasteiger partial charge in [-0.25, -0.2) is 0 Å². The van der Waals surface area contributed by atoms with Crippen LogP contribution in [0.3, 0.4) is 0 Å². The Bertz CT molecular complexity index is 3790. The Kier molecular flexibility index (Phi) is 9.71. The van der Waals surface area contributed by atoms with Gasteiger partial charge in [0.1, 0.15) is 0 Å². The van der Waals surface area contributed by atoms with Crippen LogP contribution in [0.1, 0.15) is 48.6 Å². The van der Waals surface area contributed by atoms with Gasteiger partial charge in [0.25, 0.3) is 0 Å². The minimum Gasteiger partial charge on any atom is -0.311 e. The van der Waals surface area contributed by atoms with Gasteiger partial charge in [0.05, 0.1) is 0 Å². The lowest BCUT2D eigenvalue weighted by molar-refractivity contribution is 0.662. The van der Waals surface area contributed by atoms with E-state index in [1.807, 2.05) is 0 Å².